The molecule has 1 atom stereocenters. The van der Waals surface area contributed by atoms with Crippen molar-refractivity contribution in [1.29, 1.82) is 0 Å². The van der Waals surface area contributed by atoms with Crippen molar-refractivity contribution < 1.29 is 4.39 Å². The summed E-state index contributed by atoms with van der Waals surface area (Å²) in [5.41, 5.74) is 3.03. The summed E-state index contributed by atoms with van der Waals surface area (Å²) in [6.07, 6.45) is 1.02. The highest BCUT2D eigenvalue weighted by Crippen LogP contribution is 2.26. The number of rotatable bonds is 5. The molecule has 0 saturated heterocycles. The van der Waals surface area contributed by atoms with Crippen LogP contribution in [0.1, 0.15) is 36.1 Å². The fraction of sp³-hybridized carbons (Fsp3) is 0.294. The summed E-state index contributed by atoms with van der Waals surface area (Å²) in [6.45, 7) is 5.05. The van der Waals surface area contributed by atoms with Crippen molar-refractivity contribution in [3.8, 4) is 0 Å². The highest BCUT2D eigenvalue weighted by molar-refractivity contribution is 5.37. The predicted molar refractivity (Wildman–Crippen MR) is 77.7 cm³/mol. The molecule has 1 nitrogen and oxygen atoms in total. The molecule has 0 aromatic heterocycles. The van der Waals surface area contributed by atoms with E-state index in [4.69, 9.17) is 0 Å². The summed E-state index contributed by atoms with van der Waals surface area (Å²) in [6, 6.07) is 15.1. The van der Waals surface area contributed by atoms with Gasteiger partial charge in [0, 0.05) is 5.56 Å². The van der Waals surface area contributed by atoms with E-state index in [9.17, 15) is 4.39 Å². The fourth-order valence-corrected chi connectivity index (χ4v) is 2.30. The normalized spacial score (nSPS) is 12.4. The Morgan fingerprint density at radius 3 is 2.26 bits per heavy atom. The van der Waals surface area contributed by atoms with Gasteiger partial charge in [0.15, 0.2) is 0 Å². The van der Waals surface area contributed by atoms with E-state index in [0.29, 0.717) is 5.56 Å². The maximum Gasteiger partial charge on any atom is 0.128 e. The second-order valence-electron chi connectivity index (χ2n) is 4.77. The Morgan fingerprint density at radius 1 is 1.00 bits per heavy atom. The topological polar surface area (TPSA) is 12.0 Å². The van der Waals surface area contributed by atoms with Crippen LogP contribution in [-0.4, -0.2) is 6.54 Å². The van der Waals surface area contributed by atoms with Crippen LogP contribution >= 0.6 is 0 Å². The lowest BCUT2D eigenvalue weighted by Gasteiger charge is -2.22. The van der Waals surface area contributed by atoms with Gasteiger partial charge in [0.2, 0.25) is 0 Å². The van der Waals surface area contributed by atoms with E-state index in [2.05, 4.69) is 31.3 Å². The lowest BCUT2D eigenvalue weighted by molar-refractivity contribution is 0.545. The molecular formula is C17H20FN. The first kappa shape index (κ1) is 13.8. The van der Waals surface area contributed by atoms with E-state index in [1.165, 1.54) is 11.6 Å². The molecule has 0 bridgehead atoms. The van der Waals surface area contributed by atoms with Crippen molar-refractivity contribution >= 4 is 0 Å². The van der Waals surface area contributed by atoms with Crippen molar-refractivity contribution in [3.63, 3.8) is 0 Å². The van der Waals surface area contributed by atoms with Crippen LogP contribution in [-0.2, 0) is 0 Å². The molecule has 2 heteroatoms. The third-order valence-electron chi connectivity index (χ3n) is 3.31. The van der Waals surface area contributed by atoms with Gasteiger partial charge in [0.05, 0.1) is 6.04 Å². The Balaban J connectivity index is 2.42. The molecule has 0 fully saturated rings. The van der Waals surface area contributed by atoms with Gasteiger partial charge in [-0.3, -0.25) is 0 Å². The van der Waals surface area contributed by atoms with E-state index in [1.807, 2.05) is 24.3 Å². The van der Waals surface area contributed by atoms with Crippen molar-refractivity contribution in [2.45, 2.75) is 26.3 Å². The summed E-state index contributed by atoms with van der Waals surface area (Å²) in [5.74, 6) is -0.153. The molecule has 0 aliphatic heterocycles. The van der Waals surface area contributed by atoms with Crippen molar-refractivity contribution in [3.05, 3.63) is 71.0 Å². The molecule has 100 valence electrons. The molecule has 1 unspecified atom stereocenters. The van der Waals surface area contributed by atoms with Crippen molar-refractivity contribution in [2.75, 3.05) is 6.54 Å². The summed E-state index contributed by atoms with van der Waals surface area (Å²) in [4.78, 5) is 0. The quantitative estimate of drug-likeness (QED) is 0.845. The Kier molecular flexibility index (Phi) is 4.69. The maximum absolute atomic E-state index is 14.0. The molecule has 1 N–H and O–H groups in total. The SMILES string of the molecule is CCCNC(c1ccccc1C)c1ccccc1F. The second kappa shape index (κ2) is 6.48. The minimum atomic E-state index is -0.153. The van der Waals surface area contributed by atoms with Gasteiger partial charge < -0.3 is 5.32 Å². The van der Waals surface area contributed by atoms with Crippen LogP contribution in [0.3, 0.4) is 0 Å². The molecule has 0 spiro atoms. The predicted octanol–water partition coefficient (Wildman–Crippen LogP) is 4.22. The summed E-state index contributed by atoms with van der Waals surface area (Å²) in [5, 5.41) is 3.44. The summed E-state index contributed by atoms with van der Waals surface area (Å²) in [7, 11) is 0. The minimum absolute atomic E-state index is 0.0812. The van der Waals surface area contributed by atoms with E-state index < -0.39 is 0 Å². The van der Waals surface area contributed by atoms with Gasteiger partial charge in [-0.25, -0.2) is 4.39 Å². The zero-order chi connectivity index (χ0) is 13.7. The highest BCUT2D eigenvalue weighted by atomic mass is 19.1. The van der Waals surface area contributed by atoms with E-state index in [-0.39, 0.29) is 11.9 Å². The van der Waals surface area contributed by atoms with Gasteiger partial charge in [-0.05, 0) is 37.1 Å². The van der Waals surface area contributed by atoms with Crippen molar-refractivity contribution in [1.82, 2.24) is 5.32 Å². The second-order valence-corrected chi connectivity index (χ2v) is 4.77. The van der Waals surface area contributed by atoms with Crippen molar-refractivity contribution in [2.24, 2.45) is 0 Å². The lowest BCUT2D eigenvalue weighted by Crippen LogP contribution is -2.24. The highest BCUT2D eigenvalue weighted by Gasteiger charge is 2.18. The van der Waals surface area contributed by atoms with Crippen LogP contribution in [0.4, 0.5) is 4.39 Å². The monoisotopic (exact) mass is 257 g/mol. The fourth-order valence-electron chi connectivity index (χ4n) is 2.30. The molecule has 0 amide bonds. The standard InChI is InChI=1S/C17H20FN/c1-3-12-19-17(14-9-5-4-8-13(14)2)15-10-6-7-11-16(15)18/h4-11,17,19H,3,12H2,1-2H3. The molecule has 2 rings (SSSR count). The van der Waals surface area contributed by atoms with Gasteiger partial charge in [0.25, 0.3) is 0 Å². The van der Waals surface area contributed by atoms with E-state index in [1.54, 1.807) is 6.07 Å². The number of aryl methyl sites for hydroxylation is 1. The molecule has 0 aliphatic rings. The van der Waals surface area contributed by atoms with Crippen LogP contribution in [0.25, 0.3) is 0 Å². The molecule has 0 heterocycles. The number of hydrogen-bond donors (Lipinski definition) is 1. The number of hydrogen-bond acceptors (Lipinski definition) is 1. The molecule has 2 aromatic rings. The molecule has 0 saturated carbocycles. The first-order valence-corrected chi connectivity index (χ1v) is 6.77. The van der Waals surface area contributed by atoms with Crippen LogP contribution < -0.4 is 5.32 Å². The molecule has 19 heavy (non-hydrogen) atoms. The van der Waals surface area contributed by atoms with Gasteiger partial charge in [-0.15, -0.1) is 0 Å². The Hall–Kier alpha value is -1.67. The van der Waals surface area contributed by atoms with Gasteiger partial charge in [-0.1, -0.05) is 49.4 Å². The molecule has 2 aromatic carbocycles. The lowest BCUT2D eigenvalue weighted by atomic mass is 9.94. The first-order valence-electron chi connectivity index (χ1n) is 6.77. The average Bonchev–Trinajstić information content (AvgIpc) is 2.42. The van der Waals surface area contributed by atoms with Gasteiger partial charge >= 0.3 is 0 Å². The largest absolute Gasteiger partial charge is 0.306 e. The number of halogens is 1. The molecule has 0 radical (unpaired) electrons. The van der Waals surface area contributed by atoms with Gasteiger partial charge in [-0.2, -0.15) is 0 Å². The third kappa shape index (κ3) is 3.21. The Bertz CT molecular complexity index is 491. The van der Waals surface area contributed by atoms with E-state index >= 15 is 0 Å². The first-order chi connectivity index (χ1) is 9.24. The zero-order valence-electron chi connectivity index (χ0n) is 11.5. The summed E-state index contributed by atoms with van der Waals surface area (Å²) >= 11 is 0. The number of nitrogens with one attached hydrogen (secondary N) is 1. The third-order valence-corrected chi connectivity index (χ3v) is 3.31. The molecule has 0 aliphatic carbocycles. The smallest absolute Gasteiger partial charge is 0.128 e. The van der Waals surface area contributed by atoms with Gasteiger partial charge in [0.1, 0.15) is 5.82 Å². The van der Waals surface area contributed by atoms with Crippen LogP contribution in [0.15, 0.2) is 48.5 Å². The summed E-state index contributed by atoms with van der Waals surface area (Å²) < 4.78 is 14.0. The van der Waals surface area contributed by atoms with Crippen LogP contribution in [0, 0.1) is 12.7 Å². The minimum Gasteiger partial charge on any atom is -0.306 e. The maximum atomic E-state index is 14.0. The average molecular weight is 257 g/mol. The number of benzene rings is 2. The van der Waals surface area contributed by atoms with Crippen LogP contribution in [0.5, 0.6) is 0 Å². The Morgan fingerprint density at radius 2 is 1.63 bits per heavy atom. The van der Waals surface area contributed by atoms with E-state index in [0.717, 1.165) is 18.5 Å². The zero-order valence-corrected chi connectivity index (χ0v) is 11.5. The Labute approximate surface area is 114 Å². The van der Waals surface area contributed by atoms with Crippen LogP contribution in [0.2, 0.25) is 0 Å². The molecular weight excluding hydrogens is 237 g/mol.